The second-order valence-corrected chi connectivity index (χ2v) is 5.28. The van der Waals surface area contributed by atoms with Gasteiger partial charge in [-0.05, 0) is 31.3 Å². The van der Waals surface area contributed by atoms with Crippen molar-refractivity contribution in [3.8, 4) is 0 Å². The molecule has 0 radical (unpaired) electrons. The van der Waals surface area contributed by atoms with E-state index in [0.29, 0.717) is 18.7 Å². The topological polar surface area (TPSA) is 84.5 Å². The molecule has 0 saturated carbocycles. The number of hydrogen-bond donors (Lipinski definition) is 2. The van der Waals surface area contributed by atoms with E-state index in [-0.39, 0.29) is 4.90 Å². The van der Waals surface area contributed by atoms with Crippen LogP contribution in [0.1, 0.15) is 10.4 Å². The second kappa shape index (κ2) is 6.48. The first-order valence-corrected chi connectivity index (χ1v) is 6.82. The Morgan fingerprint density at radius 3 is 2.33 bits per heavy atom. The Kier molecular flexibility index (Phi) is 5.26. The standard InChI is InChI=1S/C11H16N2O4S/c1-12-7-8-13-18(15,16)10-5-3-9(4-6-10)11(14)17-2/h3-6,12-13H,7-8H2,1-2H3. The summed E-state index contributed by atoms with van der Waals surface area (Å²) < 4.78 is 30.6. The third-order valence-electron chi connectivity index (χ3n) is 2.25. The number of carbonyl (C=O) groups is 1. The van der Waals surface area contributed by atoms with Crippen LogP contribution in [0.25, 0.3) is 0 Å². The SMILES string of the molecule is CNCCNS(=O)(=O)c1ccc(C(=O)OC)cc1. The molecule has 0 unspecified atom stereocenters. The lowest BCUT2D eigenvalue weighted by atomic mass is 10.2. The van der Waals surface area contributed by atoms with Gasteiger partial charge in [0.2, 0.25) is 10.0 Å². The summed E-state index contributed by atoms with van der Waals surface area (Å²) >= 11 is 0. The predicted molar refractivity (Wildman–Crippen MR) is 66.9 cm³/mol. The van der Waals surface area contributed by atoms with Gasteiger partial charge in [-0.15, -0.1) is 0 Å². The maximum Gasteiger partial charge on any atom is 0.337 e. The highest BCUT2D eigenvalue weighted by Crippen LogP contribution is 2.10. The van der Waals surface area contributed by atoms with E-state index in [2.05, 4.69) is 14.8 Å². The molecule has 7 heteroatoms. The van der Waals surface area contributed by atoms with Crippen LogP contribution in [0.4, 0.5) is 0 Å². The van der Waals surface area contributed by atoms with E-state index >= 15 is 0 Å². The minimum Gasteiger partial charge on any atom is -0.465 e. The molecule has 0 aliphatic carbocycles. The smallest absolute Gasteiger partial charge is 0.337 e. The molecule has 1 aromatic carbocycles. The summed E-state index contributed by atoms with van der Waals surface area (Å²) in [4.78, 5) is 11.3. The molecule has 100 valence electrons. The Balaban J connectivity index is 2.81. The van der Waals surface area contributed by atoms with Gasteiger partial charge >= 0.3 is 5.97 Å². The monoisotopic (exact) mass is 272 g/mol. The molecule has 0 aliphatic heterocycles. The molecular weight excluding hydrogens is 256 g/mol. The van der Waals surface area contributed by atoms with E-state index in [1.807, 2.05) is 0 Å². The van der Waals surface area contributed by atoms with Crippen molar-refractivity contribution in [1.82, 2.24) is 10.0 Å². The number of likely N-dealkylation sites (N-methyl/N-ethyl adjacent to an activating group) is 1. The molecule has 0 atom stereocenters. The van der Waals surface area contributed by atoms with Crippen molar-refractivity contribution in [2.45, 2.75) is 4.90 Å². The molecule has 0 aromatic heterocycles. The molecule has 0 heterocycles. The molecule has 6 nitrogen and oxygen atoms in total. The minimum atomic E-state index is -3.52. The highest BCUT2D eigenvalue weighted by molar-refractivity contribution is 7.89. The van der Waals surface area contributed by atoms with Crippen LogP contribution < -0.4 is 10.0 Å². The molecule has 0 bridgehead atoms. The third-order valence-corrected chi connectivity index (χ3v) is 3.73. The van der Waals surface area contributed by atoms with E-state index < -0.39 is 16.0 Å². The van der Waals surface area contributed by atoms with Gasteiger partial charge in [0.15, 0.2) is 0 Å². The summed E-state index contributed by atoms with van der Waals surface area (Å²) in [6.45, 7) is 0.844. The normalized spacial score (nSPS) is 11.2. The van der Waals surface area contributed by atoms with Gasteiger partial charge < -0.3 is 10.1 Å². The Morgan fingerprint density at radius 1 is 1.22 bits per heavy atom. The lowest BCUT2D eigenvalue weighted by Crippen LogP contribution is -2.30. The van der Waals surface area contributed by atoms with Crippen LogP contribution in [0.5, 0.6) is 0 Å². The molecule has 0 aliphatic rings. The molecule has 0 saturated heterocycles. The summed E-state index contributed by atoms with van der Waals surface area (Å²) in [7, 11) is -0.518. The summed E-state index contributed by atoms with van der Waals surface area (Å²) in [6.07, 6.45) is 0. The fourth-order valence-electron chi connectivity index (χ4n) is 1.28. The van der Waals surface area contributed by atoms with Crippen molar-refractivity contribution < 1.29 is 17.9 Å². The van der Waals surface area contributed by atoms with Crippen molar-refractivity contribution in [3.05, 3.63) is 29.8 Å². The highest BCUT2D eigenvalue weighted by atomic mass is 32.2. The Labute approximate surface area is 106 Å². The average Bonchev–Trinajstić information content (AvgIpc) is 2.38. The number of methoxy groups -OCH3 is 1. The minimum absolute atomic E-state index is 0.117. The van der Waals surface area contributed by atoms with Crippen molar-refractivity contribution >= 4 is 16.0 Å². The zero-order chi connectivity index (χ0) is 13.6. The Hall–Kier alpha value is -1.44. The number of ether oxygens (including phenoxy) is 1. The number of nitrogens with one attached hydrogen (secondary N) is 2. The average molecular weight is 272 g/mol. The van der Waals surface area contributed by atoms with Gasteiger partial charge in [-0.3, -0.25) is 0 Å². The maximum absolute atomic E-state index is 11.8. The maximum atomic E-state index is 11.8. The van der Waals surface area contributed by atoms with Gasteiger partial charge in [0.25, 0.3) is 0 Å². The van der Waals surface area contributed by atoms with Gasteiger partial charge in [-0.1, -0.05) is 0 Å². The van der Waals surface area contributed by atoms with E-state index in [0.717, 1.165) is 0 Å². The Morgan fingerprint density at radius 2 is 1.83 bits per heavy atom. The largest absolute Gasteiger partial charge is 0.465 e. The van der Waals surface area contributed by atoms with Crippen LogP contribution >= 0.6 is 0 Å². The van der Waals surface area contributed by atoms with Crippen LogP contribution in [0, 0.1) is 0 Å². The zero-order valence-corrected chi connectivity index (χ0v) is 11.1. The van der Waals surface area contributed by atoms with Crippen LogP contribution in [-0.4, -0.2) is 41.6 Å². The summed E-state index contributed by atoms with van der Waals surface area (Å²) in [5.41, 5.74) is 0.312. The molecule has 0 amide bonds. The quantitative estimate of drug-likeness (QED) is 0.561. The number of benzene rings is 1. The first kappa shape index (κ1) is 14.6. The van der Waals surface area contributed by atoms with Crippen LogP contribution in [0.2, 0.25) is 0 Å². The number of rotatable bonds is 6. The van der Waals surface area contributed by atoms with Crippen LogP contribution in [0.15, 0.2) is 29.2 Å². The molecular formula is C11H16N2O4S. The van der Waals surface area contributed by atoms with Crippen molar-refractivity contribution in [1.29, 1.82) is 0 Å². The molecule has 2 N–H and O–H groups in total. The van der Waals surface area contributed by atoms with E-state index in [9.17, 15) is 13.2 Å². The molecule has 0 fully saturated rings. The highest BCUT2D eigenvalue weighted by Gasteiger charge is 2.14. The third kappa shape index (κ3) is 3.80. The first-order chi connectivity index (χ1) is 8.51. The van der Waals surface area contributed by atoms with Crippen LogP contribution in [0.3, 0.4) is 0 Å². The summed E-state index contributed by atoms with van der Waals surface area (Å²) in [5.74, 6) is -0.498. The lowest BCUT2D eigenvalue weighted by molar-refractivity contribution is 0.0600. The van der Waals surface area contributed by atoms with Gasteiger partial charge in [0.05, 0.1) is 17.6 Å². The summed E-state index contributed by atoms with van der Waals surface area (Å²) in [6, 6.07) is 5.57. The van der Waals surface area contributed by atoms with Crippen molar-refractivity contribution in [3.63, 3.8) is 0 Å². The molecule has 18 heavy (non-hydrogen) atoms. The van der Waals surface area contributed by atoms with Gasteiger partial charge in [0, 0.05) is 13.1 Å². The number of hydrogen-bond acceptors (Lipinski definition) is 5. The van der Waals surface area contributed by atoms with Gasteiger partial charge in [-0.25, -0.2) is 17.9 Å². The predicted octanol–water partition coefficient (Wildman–Crippen LogP) is -0.0291. The van der Waals surface area contributed by atoms with Crippen molar-refractivity contribution in [2.75, 3.05) is 27.2 Å². The van der Waals surface area contributed by atoms with Gasteiger partial charge in [-0.2, -0.15) is 0 Å². The fraction of sp³-hybridized carbons (Fsp3) is 0.364. The molecule has 1 rings (SSSR count). The second-order valence-electron chi connectivity index (χ2n) is 3.52. The van der Waals surface area contributed by atoms with E-state index in [1.165, 1.54) is 31.4 Å². The van der Waals surface area contributed by atoms with E-state index in [4.69, 9.17) is 0 Å². The summed E-state index contributed by atoms with van der Waals surface area (Å²) in [5, 5.41) is 2.84. The lowest BCUT2D eigenvalue weighted by Gasteiger charge is -2.06. The number of esters is 1. The molecule has 1 aromatic rings. The fourth-order valence-corrected chi connectivity index (χ4v) is 2.31. The van der Waals surface area contributed by atoms with Crippen molar-refractivity contribution in [2.24, 2.45) is 0 Å². The molecule has 0 spiro atoms. The zero-order valence-electron chi connectivity index (χ0n) is 10.3. The first-order valence-electron chi connectivity index (χ1n) is 5.34. The number of carbonyl (C=O) groups excluding carboxylic acids is 1. The number of sulfonamides is 1. The van der Waals surface area contributed by atoms with Gasteiger partial charge in [0.1, 0.15) is 0 Å². The van der Waals surface area contributed by atoms with E-state index in [1.54, 1.807) is 7.05 Å². The Bertz CT molecular complexity index is 496. The van der Waals surface area contributed by atoms with Crippen LogP contribution in [-0.2, 0) is 14.8 Å².